The molecule has 0 fully saturated rings. The van der Waals surface area contributed by atoms with Gasteiger partial charge in [-0.05, 0) is 68.7 Å². The summed E-state index contributed by atoms with van der Waals surface area (Å²) in [6, 6.07) is 7.94. The highest BCUT2D eigenvalue weighted by Gasteiger charge is 2.21. The molecule has 3 aromatic rings. The maximum atomic E-state index is 12.5. The van der Waals surface area contributed by atoms with Crippen molar-refractivity contribution in [2.24, 2.45) is 0 Å². The molecule has 0 aliphatic heterocycles. The van der Waals surface area contributed by atoms with E-state index >= 15 is 0 Å². The van der Waals surface area contributed by atoms with Gasteiger partial charge < -0.3 is 23.3 Å². The molecule has 0 saturated carbocycles. The number of hydrogen-bond acceptors (Lipinski definition) is 5. The van der Waals surface area contributed by atoms with Crippen molar-refractivity contribution in [2.75, 3.05) is 27.9 Å². The Morgan fingerprint density at radius 2 is 1.77 bits per heavy atom. The number of aromatic nitrogens is 1. The van der Waals surface area contributed by atoms with Crippen molar-refractivity contribution in [3.63, 3.8) is 0 Å². The van der Waals surface area contributed by atoms with Crippen molar-refractivity contribution in [2.45, 2.75) is 33.8 Å². The molecule has 30 heavy (non-hydrogen) atoms. The fourth-order valence-corrected chi connectivity index (χ4v) is 3.89. The van der Waals surface area contributed by atoms with E-state index in [-0.39, 0.29) is 12.1 Å². The third-order valence-corrected chi connectivity index (χ3v) is 5.42. The number of carbonyl (C=O) groups is 1. The van der Waals surface area contributed by atoms with E-state index in [2.05, 4.69) is 22.7 Å². The Labute approximate surface area is 177 Å². The van der Waals surface area contributed by atoms with Crippen LogP contribution < -0.4 is 9.47 Å². The molecule has 0 aliphatic rings. The van der Waals surface area contributed by atoms with Gasteiger partial charge in [-0.1, -0.05) is 0 Å². The Kier molecular flexibility index (Phi) is 6.37. The van der Waals surface area contributed by atoms with Crippen LogP contribution in [0.2, 0.25) is 0 Å². The first kappa shape index (κ1) is 21.7. The van der Waals surface area contributed by atoms with E-state index in [1.807, 2.05) is 32.9 Å². The van der Waals surface area contributed by atoms with Crippen LogP contribution in [0.1, 0.15) is 47.1 Å². The number of methoxy groups -OCH3 is 3. The number of ether oxygens (including phenoxy) is 4. The number of rotatable bonds is 7. The molecule has 0 aliphatic carbocycles. The average molecular weight is 411 g/mol. The number of nitrogens with zero attached hydrogens (tertiary/aromatic N) is 1. The normalized spacial score (nSPS) is 12.1. The zero-order valence-electron chi connectivity index (χ0n) is 18.7. The number of fused-ring (bicyclic) bond motifs is 1. The summed E-state index contributed by atoms with van der Waals surface area (Å²) in [6.07, 6.45) is 1.86. The second-order valence-electron chi connectivity index (χ2n) is 7.22. The highest BCUT2D eigenvalue weighted by Crippen LogP contribution is 2.37. The van der Waals surface area contributed by atoms with Crippen molar-refractivity contribution in [3.05, 3.63) is 52.8 Å². The number of carbonyl (C=O) groups excluding carboxylic acids is 1. The molecule has 2 aromatic heterocycles. The van der Waals surface area contributed by atoms with Crippen LogP contribution in [0, 0.1) is 13.8 Å². The minimum Gasteiger partial charge on any atom is -0.493 e. The van der Waals surface area contributed by atoms with Gasteiger partial charge in [0.25, 0.3) is 0 Å². The van der Waals surface area contributed by atoms with Gasteiger partial charge in [0.05, 0.1) is 38.2 Å². The first-order chi connectivity index (χ1) is 14.4. The van der Waals surface area contributed by atoms with Gasteiger partial charge in [-0.2, -0.15) is 0 Å². The quantitative estimate of drug-likeness (QED) is 0.505. The van der Waals surface area contributed by atoms with Crippen molar-refractivity contribution in [1.29, 1.82) is 0 Å². The van der Waals surface area contributed by atoms with E-state index in [0.29, 0.717) is 17.9 Å². The molecule has 160 valence electrons. The maximum Gasteiger partial charge on any atom is 0.338 e. The molecule has 2 heterocycles. The Morgan fingerprint density at radius 3 is 2.37 bits per heavy atom. The van der Waals surface area contributed by atoms with Crippen LogP contribution in [0.3, 0.4) is 0 Å². The zero-order chi connectivity index (χ0) is 22.0. The molecule has 0 spiro atoms. The van der Waals surface area contributed by atoms with Gasteiger partial charge in [0.2, 0.25) is 0 Å². The second kappa shape index (κ2) is 8.79. The van der Waals surface area contributed by atoms with Crippen molar-refractivity contribution in [3.8, 4) is 22.6 Å². The van der Waals surface area contributed by atoms with Crippen molar-refractivity contribution >= 4 is 11.5 Å². The van der Waals surface area contributed by atoms with Crippen LogP contribution >= 0.6 is 0 Å². The molecule has 0 saturated heterocycles. The molecule has 0 N–H and O–H groups in total. The van der Waals surface area contributed by atoms with E-state index in [1.54, 1.807) is 28.3 Å². The number of pyridine rings is 1. The molecule has 1 aromatic carbocycles. The summed E-state index contributed by atoms with van der Waals surface area (Å²) < 4.78 is 23.9. The van der Waals surface area contributed by atoms with Crippen molar-refractivity contribution in [1.82, 2.24) is 4.40 Å². The molecule has 3 rings (SSSR count). The summed E-state index contributed by atoms with van der Waals surface area (Å²) in [5.74, 6) is 1.07. The molecule has 1 unspecified atom stereocenters. The Morgan fingerprint density at radius 1 is 1.03 bits per heavy atom. The van der Waals surface area contributed by atoms with Crippen LogP contribution in [0.15, 0.2) is 30.5 Å². The number of esters is 1. The topological polar surface area (TPSA) is 58.4 Å². The Hall–Kier alpha value is -2.99. The molecule has 0 amide bonds. The lowest BCUT2D eigenvalue weighted by molar-refractivity contribution is 0.0524. The highest BCUT2D eigenvalue weighted by molar-refractivity contribution is 5.93. The standard InChI is InChI=1S/C24H29NO5/c1-8-30-24(26)20-12-19-10-18(13-25(19)22(15(20)3)16(4)27-5)17-9-14(2)23(29-7)21(11-17)28-6/h9-13,16H,8H2,1-7H3. The third kappa shape index (κ3) is 3.75. The van der Waals surface area contributed by atoms with Gasteiger partial charge in [0.1, 0.15) is 0 Å². The van der Waals surface area contributed by atoms with E-state index in [4.69, 9.17) is 18.9 Å². The highest BCUT2D eigenvalue weighted by atomic mass is 16.5. The second-order valence-corrected chi connectivity index (χ2v) is 7.22. The average Bonchev–Trinajstić information content (AvgIpc) is 3.15. The predicted molar refractivity (Wildman–Crippen MR) is 117 cm³/mol. The maximum absolute atomic E-state index is 12.5. The van der Waals surface area contributed by atoms with Gasteiger partial charge >= 0.3 is 5.97 Å². The Balaban J connectivity index is 2.25. The first-order valence-electron chi connectivity index (χ1n) is 9.94. The van der Waals surface area contributed by atoms with Crippen LogP contribution in [-0.4, -0.2) is 38.3 Å². The smallest absolute Gasteiger partial charge is 0.338 e. The largest absolute Gasteiger partial charge is 0.493 e. The minimum absolute atomic E-state index is 0.200. The van der Waals surface area contributed by atoms with E-state index in [1.165, 1.54) is 0 Å². The summed E-state index contributed by atoms with van der Waals surface area (Å²) in [7, 11) is 4.93. The predicted octanol–water partition coefficient (Wildman–Crippen LogP) is 5.12. The fourth-order valence-electron chi connectivity index (χ4n) is 3.89. The monoisotopic (exact) mass is 411 g/mol. The van der Waals surface area contributed by atoms with Crippen LogP contribution in [0.4, 0.5) is 0 Å². The summed E-state index contributed by atoms with van der Waals surface area (Å²) in [6.45, 7) is 8.02. The summed E-state index contributed by atoms with van der Waals surface area (Å²) in [4.78, 5) is 12.5. The van der Waals surface area contributed by atoms with Gasteiger partial charge in [0, 0.05) is 24.4 Å². The Bertz CT molecular complexity index is 1080. The van der Waals surface area contributed by atoms with E-state index < -0.39 is 0 Å². The zero-order valence-corrected chi connectivity index (χ0v) is 18.7. The number of hydrogen-bond donors (Lipinski definition) is 0. The van der Waals surface area contributed by atoms with E-state index in [0.717, 1.165) is 39.2 Å². The summed E-state index contributed by atoms with van der Waals surface area (Å²) >= 11 is 0. The fraction of sp³-hybridized carbons (Fsp3) is 0.375. The van der Waals surface area contributed by atoms with Crippen LogP contribution in [-0.2, 0) is 9.47 Å². The summed E-state index contributed by atoms with van der Waals surface area (Å²) in [5.41, 5.74) is 6.20. The van der Waals surface area contributed by atoms with Crippen LogP contribution in [0.25, 0.3) is 16.6 Å². The first-order valence-corrected chi connectivity index (χ1v) is 9.94. The molecule has 0 radical (unpaired) electrons. The lowest BCUT2D eigenvalue weighted by atomic mass is 10.0. The third-order valence-electron chi connectivity index (χ3n) is 5.42. The number of benzene rings is 1. The minimum atomic E-state index is -0.327. The van der Waals surface area contributed by atoms with Crippen molar-refractivity contribution < 1.29 is 23.7 Å². The number of aryl methyl sites for hydroxylation is 1. The lowest BCUT2D eigenvalue weighted by Gasteiger charge is -2.18. The molecule has 0 bridgehead atoms. The SMILES string of the molecule is CCOC(=O)c1cc2cc(-c3cc(C)c(OC)c(OC)c3)cn2c(C(C)OC)c1C. The van der Waals surface area contributed by atoms with Gasteiger partial charge in [0.15, 0.2) is 11.5 Å². The van der Waals surface area contributed by atoms with Gasteiger partial charge in [-0.25, -0.2) is 4.79 Å². The van der Waals surface area contributed by atoms with Gasteiger partial charge in [-0.15, -0.1) is 0 Å². The molecule has 6 heteroatoms. The lowest BCUT2D eigenvalue weighted by Crippen LogP contribution is -2.13. The molecular weight excluding hydrogens is 382 g/mol. The molecular formula is C24H29NO5. The molecule has 6 nitrogen and oxygen atoms in total. The summed E-state index contributed by atoms with van der Waals surface area (Å²) in [5, 5.41) is 0. The molecule has 1 atom stereocenters. The van der Waals surface area contributed by atoms with E-state index in [9.17, 15) is 4.79 Å². The van der Waals surface area contributed by atoms with Gasteiger partial charge in [-0.3, -0.25) is 0 Å². The van der Waals surface area contributed by atoms with Crippen LogP contribution in [0.5, 0.6) is 11.5 Å².